The van der Waals surface area contributed by atoms with E-state index in [2.05, 4.69) is 9.78 Å². The molecule has 16 heteroatoms. The maximum Gasteiger partial charge on any atom is 0.303 e. The summed E-state index contributed by atoms with van der Waals surface area (Å²) < 4.78 is 38.9. The van der Waals surface area contributed by atoms with Crippen molar-refractivity contribution in [2.75, 3.05) is 6.61 Å². The van der Waals surface area contributed by atoms with E-state index in [-0.39, 0.29) is 28.0 Å². The molecule has 240 valence electrons. The second kappa shape index (κ2) is 14.1. The Kier molecular flexibility index (Phi) is 10.2. The number of ether oxygens (including phenoxy) is 6. The lowest BCUT2D eigenvalue weighted by atomic mass is 9.98. The lowest BCUT2D eigenvalue weighted by Crippen LogP contribution is -2.63. The van der Waals surface area contributed by atoms with Crippen LogP contribution in [0.2, 0.25) is 0 Å². The third-order valence-corrected chi connectivity index (χ3v) is 6.41. The van der Waals surface area contributed by atoms with E-state index >= 15 is 0 Å². The van der Waals surface area contributed by atoms with E-state index in [0.717, 1.165) is 34.0 Å². The number of hydrogen-bond donors (Lipinski definition) is 2. The molecule has 0 aliphatic carbocycles. The molecule has 5 atom stereocenters. The molecule has 1 aliphatic rings. The highest BCUT2D eigenvalue weighted by molar-refractivity contribution is 5.88. The topological polar surface area (TPSA) is 213 Å². The normalized spacial score (nSPS) is 20.9. The average molecular weight is 633 g/mol. The number of benzene rings is 2. The van der Waals surface area contributed by atoms with Gasteiger partial charge in [0.1, 0.15) is 19.0 Å². The van der Waals surface area contributed by atoms with Gasteiger partial charge >= 0.3 is 23.9 Å². The van der Waals surface area contributed by atoms with Gasteiger partial charge in [-0.2, -0.15) is 0 Å². The molecule has 1 saturated heterocycles. The van der Waals surface area contributed by atoms with Crippen molar-refractivity contribution in [3.63, 3.8) is 0 Å². The van der Waals surface area contributed by atoms with Gasteiger partial charge in [-0.25, -0.2) is 10.5 Å². The van der Waals surface area contributed by atoms with Gasteiger partial charge in [0.05, 0.1) is 10.9 Å². The van der Waals surface area contributed by atoms with Crippen LogP contribution in [0.25, 0.3) is 22.1 Å². The summed E-state index contributed by atoms with van der Waals surface area (Å²) in [5.41, 5.74) is -0.248. The van der Waals surface area contributed by atoms with Gasteiger partial charge < -0.3 is 42.6 Å². The summed E-state index contributed by atoms with van der Waals surface area (Å²) in [6.45, 7) is 3.78. The lowest BCUT2D eigenvalue weighted by molar-refractivity contribution is -0.289. The van der Waals surface area contributed by atoms with Gasteiger partial charge in [-0.1, -0.05) is 12.1 Å². The molecular formula is C29H28O16. The van der Waals surface area contributed by atoms with Crippen molar-refractivity contribution in [1.82, 2.24) is 0 Å². The van der Waals surface area contributed by atoms with Crippen LogP contribution in [0.5, 0.6) is 17.2 Å². The number of hydrogen-bond acceptors (Lipinski definition) is 16. The predicted molar refractivity (Wildman–Crippen MR) is 147 cm³/mol. The monoisotopic (exact) mass is 632 g/mol. The van der Waals surface area contributed by atoms with Crippen LogP contribution in [0, 0.1) is 0 Å². The molecule has 0 amide bonds. The summed E-state index contributed by atoms with van der Waals surface area (Å²) in [4.78, 5) is 70.0. The Balaban J connectivity index is 1.83. The first-order valence-corrected chi connectivity index (χ1v) is 13.2. The van der Waals surface area contributed by atoms with Gasteiger partial charge in [-0.15, -0.1) is 0 Å². The van der Waals surface area contributed by atoms with E-state index in [9.17, 15) is 29.2 Å². The van der Waals surface area contributed by atoms with E-state index in [1.807, 2.05) is 0 Å². The van der Waals surface area contributed by atoms with Crippen LogP contribution in [0.1, 0.15) is 27.7 Å². The minimum atomic E-state index is -1.72. The summed E-state index contributed by atoms with van der Waals surface area (Å²) in [7, 11) is 0. The Hall–Kier alpha value is -5.19. The summed E-state index contributed by atoms with van der Waals surface area (Å²) in [5.74, 6) is -3.91. The molecule has 0 unspecified atom stereocenters. The molecule has 0 saturated carbocycles. The first-order chi connectivity index (χ1) is 21.4. The fourth-order valence-corrected chi connectivity index (χ4v) is 4.63. The molecular weight excluding hydrogens is 604 g/mol. The van der Waals surface area contributed by atoms with E-state index in [1.165, 1.54) is 36.4 Å². The van der Waals surface area contributed by atoms with Crippen molar-refractivity contribution in [1.29, 1.82) is 0 Å². The average Bonchev–Trinajstić information content (AvgIpc) is 2.99. The minimum Gasteiger partial charge on any atom is -0.463 e. The maximum atomic E-state index is 13.5. The molecule has 1 aromatic heterocycles. The van der Waals surface area contributed by atoms with Crippen LogP contribution in [0.4, 0.5) is 0 Å². The van der Waals surface area contributed by atoms with Gasteiger partial charge in [-0.05, 0) is 29.8 Å². The summed E-state index contributed by atoms with van der Waals surface area (Å²) in [6.07, 6.45) is -6.56. The molecule has 1 aliphatic heterocycles. The first kappa shape index (κ1) is 32.7. The van der Waals surface area contributed by atoms with Gasteiger partial charge in [0, 0.05) is 27.7 Å². The fourth-order valence-electron chi connectivity index (χ4n) is 4.63. The van der Waals surface area contributed by atoms with Crippen molar-refractivity contribution in [3.8, 4) is 28.4 Å². The number of fused-ring (bicyclic) bond motifs is 1. The van der Waals surface area contributed by atoms with E-state index in [1.54, 1.807) is 0 Å². The van der Waals surface area contributed by atoms with Crippen molar-refractivity contribution < 1.29 is 72.3 Å². The molecule has 2 N–H and O–H groups in total. The van der Waals surface area contributed by atoms with Gasteiger partial charge in [-0.3, -0.25) is 24.0 Å². The van der Waals surface area contributed by atoms with Crippen LogP contribution in [-0.4, -0.2) is 71.7 Å². The zero-order valence-electron chi connectivity index (χ0n) is 24.2. The van der Waals surface area contributed by atoms with Crippen molar-refractivity contribution >= 4 is 34.8 Å². The molecule has 45 heavy (non-hydrogen) atoms. The zero-order chi connectivity index (χ0) is 32.8. The van der Waals surface area contributed by atoms with Gasteiger partial charge in [0.2, 0.25) is 29.3 Å². The van der Waals surface area contributed by atoms with Crippen molar-refractivity contribution in [2.45, 2.75) is 58.4 Å². The highest BCUT2D eigenvalue weighted by Gasteiger charge is 2.53. The Bertz CT molecular complexity index is 1630. The fraction of sp³-hybridized carbons (Fsp3) is 0.345. The van der Waals surface area contributed by atoms with E-state index in [4.69, 9.17) is 38.1 Å². The second-order valence-corrected chi connectivity index (χ2v) is 9.64. The van der Waals surface area contributed by atoms with Crippen LogP contribution in [0.3, 0.4) is 0 Å². The molecule has 2 aromatic carbocycles. The predicted octanol–water partition coefficient (Wildman–Crippen LogP) is 2.63. The molecule has 16 nitrogen and oxygen atoms in total. The smallest absolute Gasteiger partial charge is 0.303 e. The quantitative estimate of drug-likeness (QED) is 0.142. The summed E-state index contributed by atoms with van der Waals surface area (Å²) in [6, 6.07) is 8.32. The Morgan fingerprint density at radius 2 is 1.40 bits per heavy atom. The van der Waals surface area contributed by atoms with Crippen LogP contribution in [0.15, 0.2) is 51.9 Å². The lowest BCUT2D eigenvalue weighted by Gasteiger charge is -2.43. The number of esters is 4. The molecule has 4 rings (SSSR count). The molecule has 0 spiro atoms. The van der Waals surface area contributed by atoms with Crippen LogP contribution >= 0.6 is 0 Å². The summed E-state index contributed by atoms with van der Waals surface area (Å²) in [5, 5.41) is 18.4. The minimum absolute atomic E-state index is 0.0450. The molecule has 3 aromatic rings. The molecule has 1 fully saturated rings. The Morgan fingerprint density at radius 1 is 0.778 bits per heavy atom. The number of rotatable bonds is 10. The van der Waals surface area contributed by atoms with Crippen molar-refractivity contribution in [3.05, 3.63) is 52.9 Å². The highest BCUT2D eigenvalue weighted by Crippen LogP contribution is 2.39. The molecule has 0 radical (unpaired) electrons. The van der Waals surface area contributed by atoms with E-state index < -0.39 is 72.4 Å². The SMILES string of the molecule is CC(=O)OC[C@H]1O[C@H](Oc2c(OO)ccc3c(=O)c(-c4ccc(OO)cc4)coc23)[C@H](OC(C)=O)[C@@H](OC(C)=O)[C@H]1OC(C)=O. The second-order valence-electron chi connectivity index (χ2n) is 9.64. The maximum absolute atomic E-state index is 13.5. The van der Waals surface area contributed by atoms with Crippen molar-refractivity contribution in [2.24, 2.45) is 0 Å². The van der Waals surface area contributed by atoms with Gasteiger partial charge in [0.25, 0.3) is 0 Å². The van der Waals surface area contributed by atoms with E-state index in [0.29, 0.717) is 5.56 Å². The Morgan fingerprint density at radius 3 is 1.98 bits per heavy atom. The first-order valence-electron chi connectivity index (χ1n) is 13.2. The van der Waals surface area contributed by atoms with Gasteiger partial charge in [0.15, 0.2) is 23.5 Å². The third kappa shape index (κ3) is 7.49. The van der Waals surface area contributed by atoms with Crippen LogP contribution < -0.4 is 19.9 Å². The largest absolute Gasteiger partial charge is 0.463 e. The Labute approximate surface area is 253 Å². The molecule has 2 heterocycles. The van der Waals surface area contributed by atoms with Crippen LogP contribution in [-0.2, 0) is 42.9 Å². The zero-order valence-corrected chi connectivity index (χ0v) is 24.2. The summed E-state index contributed by atoms with van der Waals surface area (Å²) >= 11 is 0. The number of carbonyl (C=O) groups excluding carboxylic acids is 4. The highest BCUT2D eigenvalue weighted by atomic mass is 17.1. The molecule has 0 bridgehead atoms. The third-order valence-electron chi connectivity index (χ3n) is 6.41. The number of carbonyl (C=O) groups is 4. The standard InChI is InChI=1S/C29H28O16/c1-13(30)37-12-22-26(39-14(2)31)27(40-15(3)32)28(41-16(4)33)29(42-22)43-25-21(45-36)10-9-19-23(34)20(11-38-24(19)25)17-5-7-18(44-35)8-6-17/h5-11,22,26-29,35-36H,12H2,1-4H3/t22-,26+,27+,28-,29-/m1/s1.